The van der Waals surface area contributed by atoms with Crippen LogP contribution in [-0.4, -0.2) is 22.5 Å². The fraction of sp³-hybridized carbons (Fsp3) is 0.312. The van der Waals surface area contributed by atoms with Crippen molar-refractivity contribution >= 4 is 34.2 Å². The molecule has 1 aromatic heterocycles. The van der Waals surface area contributed by atoms with Crippen molar-refractivity contribution < 1.29 is 9.59 Å². The fourth-order valence-corrected chi connectivity index (χ4v) is 4.16. The number of allylic oxidation sites excluding steroid dienone is 3. The molecule has 21 heavy (non-hydrogen) atoms. The van der Waals surface area contributed by atoms with Gasteiger partial charge in [0.25, 0.3) is 0 Å². The van der Waals surface area contributed by atoms with Gasteiger partial charge in [0.1, 0.15) is 5.00 Å². The van der Waals surface area contributed by atoms with Crippen molar-refractivity contribution in [1.82, 2.24) is 4.37 Å². The number of carbonyl (C=O) groups is 2. The summed E-state index contributed by atoms with van der Waals surface area (Å²) in [5.74, 6) is -0.856. The predicted molar refractivity (Wildman–Crippen MR) is 82.0 cm³/mol. The van der Waals surface area contributed by atoms with Crippen molar-refractivity contribution in [3.05, 3.63) is 40.8 Å². The highest BCUT2D eigenvalue weighted by molar-refractivity contribution is 7.10. The maximum absolute atomic E-state index is 12.1. The van der Waals surface area contributed by atoms with Crippen LogP contribution in [-0.2, 0) is 9.59 Å². The van der Waals surface area contributed by atoms with Crippen LogP contribution in [0, 0.1) is 5.92 Å². The zero-order chi connectivity index (χ0) is 14.6. The minimum Gasteiger partial charge on any atom is -0.331 e. The van der Waals surface area contributed by atoms with E-state index in [9.17, 15) is 9.59 Å². The van der Waals surface area contributed by atoms with Crippen LogP contribution in [0.4, 0.5) is 5.00 Å². The molecule has 1 unspecified atom stereocenters. The number of rotatable bonds is 1. The van der Waals surface area contributed by atoms with Crippen LogP contribution in [0.2, 0.25) is 0 Å². The van der Waals surface area contributed by atoms with Gasteiger partial charge in [-0.25, -0.2) is 0 Å². The normalized spacial score (nSPS) is 23.8. The molecule has 0 amide bonds. The molecule has 1 atom stereocenters. The molecular formula is C16H14N2O2S. The van der Waals surface area contributed by atoms with Crippen molar-refractivity contribution in [3.63, 3.8) is 0 Å². The maximum Gasteiger partial charge on any atom is 0.209 e. The Kier molecular flexibility index (Phi) is 2.72. The molecule has 106 valence electrons. The highest BCUT2D eigenvalue weighted by Gasteiger charge is 2.38. The van der Waals surface area contributed by atoms with E-state index in [1.165, 1.54) is 11.5 Å². The Bertz CT molecular complexity index is 754. The van der Waals surface area contributed by atoms with Gasteiger partial charge in [-0.3, -0.25) is 9.59 Å². The van der Waals surface area contributed by atoms with Gasteiger partial charge in [-0.1, -0.05) is 12.2 Å². The van der Waals surface area contributed by atoms with Gasteiger partial charge in [0.05, 0.1) is 12.1 Å². The van der Waals surface area contributed by atoms with Crippen LogP contribution in [0.5, 0.6) is 0 Å². The molecule has 1 fully saturated rings. The molecule has 1 aliphatic heterocycles. The molecule has 1 saturated carbocycles. The molecule has 0 bridgehead atoms. The largest absolute Gasteiger partial charge is 0.331 e. The summed E-state index contributed by atoms with van der Waals surface area (Å²) in [5, 5.41) is 1.13. The number of likely N-dealkylation sites (N-methyl/N-ethyl adjacent to an activating group) is 1. The SMILES string of the molecule is CCN1C2=C3CCC(=O)C(=O)C3C=CC2=Cc2cnsc21. The number of hydrogen-bond acceptors (Lipinski definition) is 5. The Balaban J connectivity index is 1.92. The second-order valence-corrected chi connectivity index (χ2v) is 6.21. The van der Waals surface area contributed by atoms with Crippen molar-refractivity contribution in [1.29, 1.82) is 0 Å². The molecule has 5 heteroatoms. The van der Waals surface area contributed by atoms with Gasteiger partial charge in [0.2, 0.25) is 5.78 Å². The quantitative estimate of drug-likeness (QED) is 0.748. The number of carbonyl (C=O) groups excluding carboxylic acids is 2. The topological polar surface area (TPSA) is 50.3 Å². The monoisotopic (exact) mass is 298 g/mol. The Labute approximate surface area is 126 Å². The van der Waals surface area contributed by atoms with Crippen LogP contribution >= 0.6 is 11.5 Å². The van der Waals surface area contributed by atoms with E-state index < -0.39 is 0 Å². The molecule has 3 aliphatic rings. The van der Waals surface area contributed by atoms with Crippen LogP contribution in [0.3, 0.4) is 0 Å². The molecule has 4 nitrogen and oxygen atoms in total. The smallest absolute Gasteiger partial charge is 0.209 e. The first kappa shape index (κ1) is 12.7. The lowest BCUT2D eigenvalue weighted by atomic mass is 9.76. The molecule has 2 heterocycles. The first-order valence-electron chi connectivity index (χ1n) is 7.13. The number of fused-ring (bicyclic) bond motifs is 3. The van der Waals surface area contributed by atoms with Crippen molar-refractivity contribution in [2.24, 2.45) is 5.92 Å². The highest BCUT2D eigenvalue weighted by Crippen LogP contribution is 2.44. The Morgan fingerprint density at radius 3 is 3.05 bits per heavy atom. The summed E-state index contributed by atoms with van der Waals surface area (Å²) in [7, 11) is 0. The zero-order valence-corrected chi connectivity index (χ0v) is 12.4. The van der Waals surface area contributed by atoms with E-state index in [0.717, 1.165) is 34.0 Å². The van der Waals surface area contributed by atoms with E-state index in [4.69, 9.17) is 0 Å². The first-order valence-corrected chi connectivity index (χ1v) is 7.90. The Morgan fingerprint density at radius 1 is 1.38 bits per heavy atom. The standard InChI is InChI=1S/C16H14N2O2S/c1-2-18-14-9(7-10-8-17-21-16(10)18)3-4-12-11(14)5-6-13(19)15(12)20/h3-4,7-8,12H,2,5-6H2,1H3. The minimum atomic E-state index is -0.359. The highest BCUT2D eigenvalue weighted by atomic mass is 32.1. The maximum atomic E-state index is 12.1. The second kappa shape index (κ2) is 4.49. The minimum absolute atomic E-state index is 0.237. The van der Waals surface area contributed by atoms with E-state index in [1.807, 2.05) is 18.3 Å². The van der Waals surface area contributed by atoms with E-state index in [2.05, 4.69) is 22.3 Å². The molecule has 0 saturated heterocycles. The van der Waals surface area contributed by atoms with E-state index >= 15 is 0 Å². The van der Waals surface area contributed by atoms with Gasteiger partial charge in [-0.2, -0.15) is 4.37 Å². The molecule has 1 aromatic rings. The number of anilines is 1. The molecule has 0 N–H and O–H groups in total. The average molecular weight is 298 g/mol. The average Bonchev–Trinajstić information content (AvgIpc) is 2.96. The Hall–Kier alpha value is -2.01. The molecule has 0 aromatic carbocycles. The van der Waals surface area contributed by atoms with Crippen LogP contribution in [0.1, 0.15) is 25.3 Å². The molecular weight excluding hydrogens is 284 g/mol. The fourth-order valence-electron chi connectivity index (χ4n) is 3.35. The molecule has 0 radical (unpaired) electrons. The summed E-state index contributed by atoms with van der Waals surface area (Å²) in [6.07, 6.45) is 8.87. The summed E-state index contributed by atoms with van der Waals surface area (Å²) < 4.78 is 4.28. The van der Waals surface area contributed by atoms with Gasteiger partial charge < -0.3 is 4.90 Å². The third-order valence-corrected chi connectivity index (χ3v) is 5.16. The molecule has 0 spiro atoms. The number of hydrogen-bond donors (Lipinski definition) is 0. The molecule has 4 rings (SSSR count). The lowest BCUT2D eigenvalue weighted by Gasteiger charge is -2.36. The molecule has 2 aliphatic carbocycles. The van der Waals surface area contributed by atoms with Gasteiger partial charge in [-0.15, -0.1) is 0 Å². The van der Waals surface area contributed by atoms with E-state index in [1.54, 1.807) is 0 Å². The summed E-state index contributed by atoms with van der Waals surface area (Å²) in [4.78, 5) is 26.1. The second-order valence-electron chi connectivity index (χ2n) is 5.43. The number of aromatic nitrogens is 1. The predicted octanol–water partition coefficient (Wildman–Crippen LogP) is 2.74. The zero-order valence-electron chi connectivity index (χ0n) is 11.6. The van der Waals surface area contributed by atoms with E-state index in [0.29, 0.717) is 12.8 Å². The Morgan fingerprint density at radius 2 is 2.24 bits per heavy atom. The third kappa shape index (κ3) is 1.70. The summed E-state index contributed by atoms with van der Waals surface area (Å²) >= 11 is 1.48. The lowest BCUT2D eigenvalue weighted by Crippen LogP contribution is -2.36. The van der Waals surface area contributed by atoms with Gasteiger partial charge in [0.15, 0.2) is 5.78 Å². The van der Waals surface area contributed by atoms with Crippen molar-refractivity contribution in [2.45, 2.75) is 19.8 Å². The number of Topliss-reactive ketones (excluding diaryl/α,β-unsaturated/α-hetero) is 2. The van der Waals surface area contributed by atoms with Crippen molar-refractivity contribution in [3.8, 4) is 0 Å². The summed E-state index contributed by atoms with van der Waals surface area (Å²) in [5.41, 5.74) is 4.46. The summed E-state index contributed by atoms with van der Waals surface area (Å²) in [6, 6.07) is 0. The number of ketones is 2. The van der Waals surface area contributed by atoms with Crippen molar-refractivity contribution in [2.75, 3.05) is 11.4 Å². The first-order chi connectivity index (χ1) is 10.2. The van der Waals surface area contributed by atoms with Crippen LogP contribution < -0.4 is 4.90 Å². The van der Waals surface area contributed by atoms with Gasteiger partial charge >= 0.3 is 0 Å². The van der Waals surface area contributed by atoms with Gasteiger partial charge in [0, 0.05) is 24.2 Å². The third-order valence-electron chi connectivity index (χ3n) is 4.32. The van der Waals surface area contributed by atoms with Gasteiger partial charge in [-0.05, 0) is 42.1 Å². The van der Waals surface area contributed by atoms with E-state index in [-0.39, 0.29) is 17.5 Å². The van der Waals surface area contributed by atoms with Crippen LogP contribution in [0.25, 0.3) is 6.08 Å². The lowest BCUT2D eigenvalue weighted by molar-refractivity contribution is -0.138. The number of nitrogens with zero attached hydrogens (tertiary/aromatic N) is 2. The van der Waals surface area contributed by atoms with Crippen LogP contribution in [0.15, 0.2) is 35.2 Å². The summed E-state index contributed by atoms with van der Waals surface area (Å²) in [6.45, 7) is 2.93.